The molecule has 1 aromatic heterocycles. The molecule has 0 aliphatic carbocycles. The van der Waals surface area contributed by atoms with Gasteiger partial charge in [-0.05, 0) is 31.7 Å². The Morgan fingerprint density at radius 3 is 2.89 bits per heavy atom. The van der Waals surface area contributed by atoms with Gasteiger partial charge in [-0.15, -0.1) is 0 Å². The summed E-state index contributed by atoms with van der Waals surface area (Å²) in [4.78, 5) is 14.5. The predicted octanol–water partition coefficient (Wildman–Crippen LogP) is 3.61. The Morgan fingerprint density at radius 2 is 2.16 bits per heavy atom. The minimum atomic E-state index is 0.0419. The first-order chi connectivity index (χ1) is 9.16. The molecule has 2 heterocycles. The maximum Gasteiger partial charge on any atom is 0.289 e. The van der Waals surface area contributed by atoms with Gasteiger partial charge < -0.3 is 9.32 Å². The lowest BCUT2D eigenvalue weighted by Crippen LogP contribution is -2.39. The summed E-state index contributed by atoms with van der Waals surface area (Å²) >= 11 is 0. The van der Waals surface area contributed by atoms with E-state index in [0.29, 0.717) is 11.7 Å². The van der Waals surface area contributed by atoms with Gasteiger partial charge in [-0.2, -0.15) is 0 Å². The lowest BCUT2D eigenvalue weighted by Gasteiger charge is -2.30. The fourth-order valence-electron chi connectivity index (χ4n) is 2.90. The Labute approximate surface area is 113 Å². The largest absolute Gasteiger partial charge is 0.451 e. The van der Waals surface area contributed by atoms with Crippen molar-refractivity contribution < 1.29 is 9.21 Å². The summed E-state index contributed by atoms with van der Waals surface area (Å²) in [6.45, 7) is 5.85. The second-order valence-corrected chi connectivity index (χ2v) is 5.55. The lowest BCUT2D eigenvalue weighted by atomic mass is 10.00. The maximum absolute atomic E-state index is 12.6. The molecule has 1 atom stereocenters. The molecule has 1 aromatic carbocycles. The van der Waals surface area contributed by atoms with Gasteiger partial charge in [0.15, 0.2) is 5.76 Å². The fourth-order valence-corrected chi connectivity index (χ4v) is 2.90. The third kappa shape index (κ3) is 2.14. The molecule has 1 amide bonds. The summed E-state index contributed by atoms with van der Waals surface area (Å²) in [7, 11) is 0. The molecule has 3 heteroatoms. The van der Waals surface area contributed by atoms with Gasteiger partial charge in [-0.25, -0.2) is 0 Å². The summed E-state index contributed by atoms with van der Waals surface area (Å²) in [6, 6.07) is 7.83. The van der Waals surface area contributed by atoms with Gasteiger partial charge in [0.1, 0.15) is 5.58 Å². The van der Waals surface area contributed by atoms with Gasteiger partial charge in [0, 0.05) is 24.0 Å². The number of benzene rings is 1. The van der Waals surface area contributed by atoms with Gasteiger partial charge >= 0.3 is 0 Å². The summed E-state index contributed by atoms with van der Waals surface area (Å²) < 4.78 is 5.76. The Balaban J connectivity index is 1.95. The molecule has 0 spiro atoms. The van der Waals surface area contributed by atoms with E-state index in [0.717, 1.165) is 36.0 Å². The zero-order chi connectivity index (χ0) is 13.4. The normalized spacial score (nSPS) is 19.9. The Hall–Kier alpha value is -1.77. The van der Waals surface area contributed by atoms with E-state index in [4.69, 9.17) is 4.42 Å². The van der Waals surface area contributed by atoms with E-state index in [-0.39, 0.29) is 5.91 Å². The van der Waals surface area contributed by atoms with E-state index in [2.05, 4.69) is 6.92 Å². The molecular formula is C16H19NO2. The van der Waals surface area contributed by atoms with Crippen molar-refractivity contribution in [3.63, 3.8) is 0 Å². The molecule has 19 heavy (non-hydrogen) atoms. The topological polar surface area (TPSA) is 33.5 Å². The molecule has 1 aliphatic heterocycles. The number of carbonyl (C=O) groups is 1. The Kier molecular flexibility index (Phi) is 3.05. The van der Waals surface area contributed by atoms with Crippen LogP contribution in [0.5, 0.6) is 0 Å². The van der Waals surface area contributed by atoms with Crippen LogP contribution in [0.15, 0.2) is 28.7 Å². The van der Waals surface area contributed by atoms with E-state index in [1.165, 1.54) is 6.42 Å². The van der Waals surface area contributed by atoms with Crippen molar-refractivity contribution in [1.29, 1.82) is 0 Å². The summed E-state index contributed by atoms with van der Waals surface area (Å²) in [5.74, 6) is 1.14. The average Bonchev–Trinajstić information content (AvgIpc) is 2.76. The van der Waals surface area contributed by atoms with Crippen molar-refractivity contribution in [2.24, 2.45) is 5.92 Å². The number of hydrogen-bond acceptors (Lipinski definition) is 2. The highest BCUT2D eigenvalue weighted by molar-refractivity contribution is 5.98. The molecule has 1 fully saturated rings. The standard InChI is InChI=1S/C16H19NO2/c1-11-6-5-9-17(10-11)16(18)15-12(2)13-7-3-4-8-14(13)19-15/h3-4,7-8,11H,5-6,9-10H2,1-2H3/t11-/m0/s1. The van der Waals surface area contributed by atoms with Crippen LogP contribution in [0, 0.1) is 12.8 Å². The number of furan rings is 1. The number of nitrogens with zero attached hydrogens (tertiary/aromatic N) is 1. The first-order valence-corrected chi connectivity index (χ1v) is 6.94. The van der Waals surface area contributed by atoms with Crippen LogP contribution in [0.1, 0.15) is 35.9 Å². The molecule has 2 aromatic rings. The van der Waals surface area contributed by atoms with Gasteiger partial charge in [0.25, 0.3) is 5.91 Å². The zero-order valence-electron chi connectivity index (χ0n) is 11.5. The van der Waals surface area contributed by atoms with E-state index in [1.54, 1.807) is 0 Å². The van der Waals surface area contributed by atoms with Crippen molar-refractivity contribution >= 4 is 16.9 Å². The van der Waals surface area contributed by atoms with Crippen molar-refractivity contribution in [2.75, 3.05) is 13.1 Å². The van der Waals surface area contributed by atoms with Crippen LogP contribution in [-0.4, -0.2) is 23.9 Å². The number of hydrogen-bond donors (Lipinski definition) is 0. The number of rotatable bonds is 1. The molecular weight excluding hydrogens is 238 g/mol. The number of carbonyl (C=O) groups excluding carboxylic acids is 1. The Bertz CT molecular complexity index is 614. The van der Waals surface area contributed by atoms with Crippen LogP contribution in [-0.2, 0) is 0 Å². The van der Waals surface area contributed by atoms with Crippen LogP contribution in [0.2, 0.25) is 0 Å². The first kappa shape index (κ1) is 12.3. The summed E-state index contributed by atoms with van der Waals surface area (Å²) in [5, 5.41) is 1.04. The number of amides is 1. The molecule has 0 radical (unpaired) electrons. The van der Waals surface area contributed by atoms with Gasteiger partial charge in [0.05, 0.1) is 0 Å². The molecule has 1 saturated heterocycles. The van der Waals surface area contributed by atoms with Crippen molar-refractivity contribution in [2.45, 2.75) is 26.7 Å². The molecule has 3 rings (SSSR count). The number of piperidine rings is 1. The summed E-state index contributed by atoms with van der Waals surface area (Å²) in [6.07, 6.45) is 2.30. The molecule has 0 bridgehead atoms. The van der Waals surface area contributed by atoms with Crippen LogP contribution in [0.4, 0.5) is 0 Å². The molecule has 100 valence electrons. The highest BCUT2D eigenvalue weighted by atomic mass is 16.3. The number of para-hydroxylation sites is 1. The lowest BCUT2D eigenvalue weighted by molar-refractivity contribution is 0.0652. The fraction of sp³-hybridized carbons (Fsp3) is 0.438. The third-order valence-electron chi connectivity index (χ3n) is 3.98. The van der Waals surface area contributed by atoms with Gasteiger partial charge in [-0.1, -0.05) is 25.1 Å². The quantitative estimate of drug-likeness (QED) is 0.782. The number of aryl methyl sites for hydroxylation is 1. The van der Waals surface area contributed by atoms with Crippen LogP contribution >= 0.6 is 0 Å². The highest BCUT2D eigenvalue weighted by Gasteiger charge is 2.26. The minimum absolute atomic E-state index is 0.0419. The van der Waals surface area contributed by atoms with Gasteiger partial charge in [-0.3, -0.25) is 4.79 Å². The second kappa shape index (κ2) is 4.72. The second-order valence-electron chi connectivity index (χ2n) is 5.55. The molecule has 0 unspecified atom stereocenters. The number of likely N-dealkylation sites (tertiary alicyclic amines) is 1. The molecule has 0 saturated carbocycles. The van der Waals surface area contributed by atoms with E-state index in [1.807, 2.05) is 36.1 Å². The van der Waals surface area contributed by atoms with Crippen LogP contribution < -0.4 is 0 Å². The smallest absolute Gasteiger partial charge is 0.289 e. The van der Waals surface area contributed by atoms with E-state index >= 15 is 0 Å². The van der Waals surface area contributed by atoms with E-state index in [9.17, 15) is 4.79 Å². The Morgan fingerprint density at radius 1 is 1.37 bits per heavy atom. The maximum atomic E-state index is 12.6. The van der Waals surface area contributed by atoms with Crippen molar-refractivity contribution in [1.82, 2.24) is 4.90 Å². The molecule has 1 aliphatic rings. The zero-order valence-corrected chi connectivity index (χ0v) is 11.5. The van der Waals surface area contributed by atoms with Crippen molar-refractivity contribution in [3.05, 3.63) is 35.6 Å². The van der Waals surface area contributed by atoms with Crippen LogP contribution in [0.25, 0.3) is 11.0 Å². The first-order valence-electron chi connectivity index (χ1n) is 6.94. The average molecular weight is 257 g/mol. The monoisotopic (exact) mass is 257 g/mol. The van der Waals surface area contributed by atoms with Crippen LogP contribution in [0.3, 0.4) is 0 Å². The van der Waals surface area contributed by atoms with E-state index < -0.39 is 0 Å². The van der Waals surface area contributed by atoms with Gasteiger partial charge in [0.2, 0.25) is 0 Å². The predicted molar refractivity (Wildman–Crippen MR) is 75.3 cm³/mol. The number of fused-ring (bicyclic) bond motifs is 1. The summed E-state index contributed by atoms with van der Waals surface area (Å²) in [5.41, 5.74) is 1.76. The SMILES string of the molecule is Cc1c(C(=O)N2CCC[C@H](C)C2)oc2ccccc12. The highest BCUT2D eigenvalue weighted by Crippen LogP contribution is 2.27. The molecule has 3 nitrogen and oxygen atoms in total. The van der Waals surface area contributed by atoms with Crippen molar-refractivity contribution in [3.8, 4) is 0 Å². The minimum Gasteiger partial charge on any atom is -0.451 e. The third-order valence-corrected chi connectivity index (χ3v) is 3.98. The molecule has 0 N–H and O–H groups in total.